The maximum Gasteiger partial charge on any atom is 0.320 e. The molecule has 1 N–H and O–H groups in total. The van der Waals surface area contributed by atoms with Crippen molar-refractivity contribution in [1.82, 2.24) is 4.90 Å². The van der Waals surface area contributed by atoms with Crippen LogP contribution in [0.5, 0.6) is 0 Å². The molecule has 14 heavy (non-hydrogen) atoms. The van der Waals surface area contributed by atoms with E-state index in [-0.39, 0.29) is 6.04 Å². The molecule has 1 rings (SSSR count). The largest absolute Gasteiger partial charge is 0.480 e. The summed E-state index contributed by atoms with van der Waals surface area (Å²) < 4.78 is 0. The molecule has 0 unspecified atom stereocenters. The van der Waals surface area contributed by atoms with Crippen LogP contribution in [-0.2, 0) is 4.79 Å². The molecule has 3 nitrogen and oxygen atoms in total. The van der Waals surface area contributed by atoms with Crippen molar-refractivity contribution >= 4 is 17.7 Å². The fourth-order valence-electron chi connectivity index (χ4n) is 2.07. The highest BCUT2D eigenvalue weighted by Gasteiger charge is 2.30. The van der Waals surface area contributed by atoms with Crippen molar-refractivity contribution in [3.05, 3.63) is 0 Å². The van der Waals surface area contributed by atoms with Crippen molar-refractivity contribution in [2.45, 2.75) is 38.8 Å². The molecule has 4 heteroatoms. The van der Waals surface area contributed by atoms with E-state index in [0.29, 0.717) is 12.5 Å². The SMILES string of the molecule is CC[C@@H](C(=O)O)N(CC)[C@@H]1CCSC1. The van der Waals surface area contributed by atoms with E-state index in [2.05, 4.69) is 11.8 Å². The molecule has 82 valence electrons. The Kier molecular flexibility index (Phi) is 4.75. The number of aliphatic carboxylic acids is 1. The van der Waals surface area contributed by atoms with Crippen molar-refractivity contribution in [1.29, 1.82) is 0 Å². The first-order valence-electron chi connectivity index (χ1n) is 5.27. The molecule has 0 spiro atoms. The second-order valence-corrected chi connectivity index (χ2v) is 4.76. The molecular formula is C10H19NO2S. The number of carboxylic acid groups (broad SMARTS) is 1. The second-order valence-electron chi connectivity index (χ2n) is 3.61. The van der Waals surface area contributed by atoms with E-state index in [1.807, 2.05) is 18.7 Å². The highest BCUT2D eigenvalue weighted by atomic mass is 32.2. The zero-order valence-electron chi connectivity index (χ0n) is 8.90. The first-order valence-corrected chi connectivity index (χ1v) is 6.42. The summed E-state index contributed by atoms with van der Waals surface area (Å²) in [4.78, 5) is 13.2. The van der Waals surface area contributed by atoms with Crippen LogP contribution in [0.1, 0.15) is 26.7 Å². The molecule has 1 heterocycles. The third kappa shape index (κ3) is 2.64. The summed E-state index contributed by atoms with van der Waals surface area (Å²) >= 11 is 1.93. The number of carbonyl (C=O) groups is 1. The van der Waals surface area contributed by atoms with Crippen molar-refractivity contribution in [3.8, 4) is 0 Å². The zero-order chi connectivity index (χ0) is 10.6. The van der Waals surface area contributed by atoms with Crippen LogP contribution in [0.25, 0.3) is 0 Å². The van der Waals surface area contributed by atoms with E-state index in [9.17, 15) is 4.79 Å². The number of nitrogens with zero attached hydrogens (tertiary/aromatic N) is 1. The number of thioether (sulfide) groups is 1. The van der Waals surface area contributed by atoms with Gasteiger partial charge in [0, 0.05) is 11.8 Å². The molecule has 0 aliphatic carbocycles. The Bertz CT molecular complexity index is 193. The maximum absolute atomic E-state index is 11.0. The summed E-state index contributed by atoms with van der Waals surface area (Å²) in [6, 6.07) is 0.190. The van der Waals surface area contributed by atoms with Gasteiger partial charge in [-0.1, -0.05) is 13.8 Å². The van der Waals surface area contributed by atoms with Gasteiger partial charge in [-0.2, -0.15) is 11.8 Å². The van der Waals surface area contributed by atoms with Crippen LogP contribution < -0.4 is 0 Å². The summed E-state index contributed by atoms with van der Waals surface area (Å²) in [6.07, 6.45) is 1.84. The normalized spacial score (nSPS) is 24.1. The van der Waals surface area contributed by atoms with Crippen LogP contribution in [0.4, 0.5) is 0 Å². The lowest BCUT2D eigenvalue weighted by Gasteiger charge is -2.31. The summed E-state index contributed by atoms with van der Waals surface area (Å²) in [5, 5.41) is 9.09. The first kappa shape index (κ1) is 11.9. The van der Waals surface area contributed by atoms with Crippen molar-refractivity contribution < 1.29 is 9.90 Å². The molecule has 0 amide bonds. The molecule has 1 saturated heterocycles. The predicted octanol–water partition coefficient (Wildman–Crippen LogP) is 1.68. The number of hydrogen-bond donors (Lipinski definition) is 1. The Balaban J connectivity index is 2.62. The molecule has 0 radical (unpaired) electrons. The third-order valence-electron chi connectivity index (χ3n) is 2.81. The van der Waals surface area contributed by atoms with Crippen molar-refractivity contribution in [3.63, 3.8) is 0 Å². The molecule has 1 fully saturated rings. The van der Waals surface area contributed by atoms with Gasteiger partial charge in [-0.15, -0.1) is 0 Å². The highest BCUT2D eigenvalue weighted by molar-refractivity contribution is 7.99. The van der Waals surface area contributed by atoms with Crippen LogP contribution in [0, 0.1) is 0 Å². The molecular weight excluding hydrogens is 198 g/mol. The van der Waals surface area contributed by atoms with Crippen LogP contribution in [0.15, 0.2) is 0 Å². The van der Waals surface area contributed by atoms with Gasteiger partial charge in [-0.25, -0.2) is 0 Å². The molecule has 0 bridgehead atoms. The summed E-state index contributed by atoms with van der Waals surface area (Å²) in [5.74, 6) is 1.60. The van der Waals surface area contributed by atoms with Gasteiger partial charge >= 0.3 is 5.97 Å². The molecule has 0 aromatic heterocycles. The average Bonchev–Trinajstić information content (AvgIpc) is 2.65. The van der Waals surface area contributed by atoms with Crippen LogP contribution in [-0.4, -0.2) is 46.1 Å². The van der Waals surface area contributed by atoms with Gasteiger partial charge in [-0.05, 0) is 25.1 Å². The average molecular weight is 217 g/mol. The van der Waals surface area contributed by atoms with E-state index in [0.717, 1.165) is 18.7 Å². The Labute approximate surface area is 89.9 Å². The number of likely N-dealkylation sites (N-methyl/N-ethyl adjacent to an activating group) is 1. The zero-order valence-corrected chi connectivity index (χ0v) is 9.72. The Hall–Kier alpha value is -0.220. The standard InChI is InChI=1S/C10H19NO2S/c1-3-9(10(12)13)11(4-2)8-5-6-14-7-8/h8-9H,3-7H2,1-2H3,(H,12,13)/t8-,9+/m1/s1. The second kappa shape index (κ2) is 5.61. The van der Waals surface area contributed by atoms with Gasteiger partial charge in [0.15, 0.2) is 0 Å². The topological polar surface area (TPSA) is 40.5 Å². The molecule has 1 aliphatic heterocycles. The van der Waals surface area contributed by atoms with E-state index in [1.54, 1.807) is 0 Å². The maximum atomic E-state index is 11.0. The number of hydrogen-bond acceptors (Lipinski definition) is 3. The first-order chi connectivity index (χ1) is 6.70. The lowest BCUT2D eigenvalue weighted by atomic mass is 10.1. The van der Waals surface area contributed by atoms with Crippen molar-refractivity contribution in [2.24, 2.45) is 0 Å². The van der Waals surface area contributed by atoms with Crippen LogP contribution >= 0.6 is 11.8 Å². The minimum atomic E-state index is -0.675. The van der Waals surface area contributed by atoms with E-state index in [4.69, 9.17) is 5.11 Å². The lowest BCUT2D eigenvalue weighted by molar-refractivity contribution is -0.144. The van der Waals surface area contributed by atoms with Gasteiger partial charge in [0.25, 0.3) is 0 Å². The quantitative estimate of drug-likeness (QED) is 0.760. The Morgan fingerprint density at radius 2 is 2.36 bits per heavy atom. The van der Waals surface area contributed by atoms with Gasteiger partial charge in [0.2, 0.25) is 0 Å². The van der Waals surface area contributed by atoms with Gasteiger partial charge < -0.3 is 5.11 Å². The molecule has 0 aromatic carbocycles. The molecule has 1 aliphatic rings. The number of carboxylic acids is 1. The summed E-state index contributed by atoms with van der Waals surface area (Å²) in [5.41, 5.74) is 0. The van der Waals surface area contributed by atoms with E-state index in [1.165, 1.54) is 5.75 Å². The summed E-state index contributed by atoms with van der Waals surface area (Å²) in [7, 11) is 0. The van der Waals surface area contributed by atoms with E-state index >= 15 is 0 Å². The highest BCUT2D eigenvalue weighted by Crippen LogP contribution is 2.24. The third-order valence-corrected chi connectivity index (χ3v) is 3.96. The fourth-order valence-corrected chi connectivity index (χ4v) is 3.30. The minimum absolute atomic E-state index is 0.288. The Morgan fingerprint density at radius 1 is 1.64 bits per heavy atom. The lowest BCUT2D eigenvalue weighted by Crippen LogP contribution is -2.47. The smallest absolute Gasteiger partial charge is 0.320 e. The fraction of sp³-hybridized carbons (Fsp3) is 0.900. The van der Waals surface area contributed by atoms with Crippen LogP contribution in [0.2, 0.25) is 0 Å². The van der Waals surface area contributed by atoms with Crippen molar-refractivity contribution in [2.75, 3.05) is 18.1 Å². The summed E-state index contributed by atoms with van der Waals surface area (Å²) in [6.45, 7) is 4.84. The minimum Gasteiger partial charge on any atom is -0.480 e. The Morgan fingerprint density at radius 3 is 2.71 bits per heavy atom. The van der Waals surface area contributed by atoms with E-state index < -0.39 is 5.97 Å². The van der Waals surface area contributed by atoms with Gasteiger partial charge in [-0.3, -0.25) is 9.69 Å². The monoisotopic (exact) mass is 217 g/mol. The predicted molar refractivity (Wildman–Crippen MR) is 59.8 cm³/mol. The number of rotatable bonds is 5. The molecule has 2 atom stereocenters. The molecule has 0 saturated carbocycles. The molecule has 0 aromatic rings. The van der Waals surface area contributed by atoms with Crippen LogP contribution in [0.3, 0.4) is 0 Å². The van der Waals surface area contributed by atoms with Gasteiger partial charge in [0.1, 0.15) is 6.04 Å². The van der Waals surface area contributed by atoms with Gasteiger partial charge in [0.05, 0.1) is 0 Å².